The van der Waals surface area contributed by atoms with E-state index in [0.717, 1.165) is 30.7 Å². The molecule has 1 aliphatic carbocycles. The maximum atomic E-state index is 8.07. The molecule has 0 radical (unpaired) electrons. The topological polar surface area (TPSA) is 32.3 Å². The minimum atomic E-state index is 0.344. The van der Waals surface area contributed by atoms with Gasteiger partial charge in [-0.1, -0.05) is 40.0 Å². The lowest BCUT2D eigenvalue weighted by atomic mass is 9.78. The highest BCUT2D eigenvalue weighted by molar-refractivity contribution is 4.81. The molecule has 0 saturated heterocycles. The Balaban J connectivity index is 0.000000385. The van der Waals surface area contributed by atoms with E-state index in [4.69, 9.17) is 5.11 Å². The summed E-state index contributed by atoms with van der Waals surface area (Å²) in [7, 11) is 2.10. The van der Waals surface area contributed by atoms with Crippen molar-refractivity contribution in [2.45, 2.75) is 65.3 Å². The third kappa shape index (κ3) is 6.49. The molecule has 1 rings (SSSR count). The molecule has 2 unspecified atom stereocenters. The van der Waals surface area contributed by atoms with Crippen LogP contribution in [0.1, 0.15) is 59.3 Å². The maximum Gasteiger partial charge on any atom is 0.0430 e. The van der Waals surface area contributed by atoms with E-state index in [1.54, 1.807) is 0 Å². The molecule has 1 aliphatic rings. The first-order valence-corrected chi connectivity index (χ1v) is 6.95. The second-order valence-corrected chi connectivity index (χ2v) is 5.16. The normalized spacial score (nSPS) is 25.1. The minimum absolute atomic E-state index is 0.344. The van der Waals surface area contributed by atoms with Crippen LogP contribution in [0.3, 0.4) is 0 Å². The molecular weight excluding hydrogens is 198 g/mol. The number of nitrogens with one attached hydrogen (secondary N) is 1. The molecular formula is C14H31NO. The number of hydrogen-bond donors (Lipinski definition) is 2. The van der Waals surface area contributed by atoms with Gasteiger partial charge in [0, 0.05) is 12.6 Å². The molecule has 2 atom stereocenters. The summed E-state index contributed by atoms with van der Waals surface area (Å²) in [6.07, 6.45) is 7.73. The predicted octanol–water partition coefficient (Wildman–Crippen LogP) is 3.20. The average molecular weight is 229 g/mol. The largest absolute Gasteiger partial charge is 0.396 e. The Kier molecular flexibility index (Phi) is 10.0. The minimum Gasteiger partial charge on any atom is -0.396 e. The van der Waals surface area contributed by atoms with E-state index >= 15 is 0 Å². The Hall–Kier alpha value is -0.0800. The molecule has 0 spiro atoms. The predicted molar refractivity (Wildman–Crippen MR) is 71.6 cm³/mol. The number of aliphatic hydroxyl groups is 1. The van der Waals surface area contributed by atoms with Crippen molar-refractivity contribution >= 4 is 0 Å². The second-order valence-electron chi connectivity index (χ2n) is 5.16. The molecule has 1 fully saturated rings. The van der Waals surface area contributed by atoms with Crippen LogP contribution in [-0.2, 0) is 0 Å². The van der Waals surface area contributed by atoms with Crippen molar-refractivity contribution in [3.8, 4) is 0 Å². The van der Waals surface area contributed by atoms with Gasteiger partial charge >= 0.3 is 0 Å². The van der Waals surface area contributed by atoms with E-state index in [0.29, 0.717) is 6.61 Å². The zero-order valence-corrected chi connectivity index (χ0v) is 11.6. The summed E-state index contributed by atoms with van der Waals surface area (Å²) in [5.41, 5.74) is 0. The van der Waals surface area contributed by atoms with Crippen LogP contribution in [0.4, 0.5) is 0 Å². The van der Waals surface area contributed by atoms with E-state index in [1.165, 1.54) is 25.7 Å². The fourth-order valence-corrected chi connectivity index (χ4v) is 2.47. The van der Waals surface area contributed by atoms with E-state index < -0.39 is 0 Å². The summed E-state index contributed by atoms with van der Waals surface area (Å²) in [4.78, 5) is 0. The van der Waals surface area contributed by atoms with Crippen LogP contribution in [0.2, 0.25) is 0 Å². The van der Waals surface area contributed by atoms with Crippen molar-refractivity contribution in [3.63, 3.8) is 0 Å². The van der Waals surface area contributed by atoms with Crippen LogP contribution in [-0.4, -0.2) is 24.8 Å². The highest BCUT2D eigenvalue weighted by Gasteiger charge is 2.25. The number of hydrogen-bond acceptors (Lipinski definition) is 2. The molecule has 1 saturated carbocycles. The van der Waals surface area contributed by atoms with Crippen LogP contribution < -0.4 is 5.32 Å². The fraction of sp³-hybridized carbons (Fsp3) is 1.00. The molecule has 0 aromatic carbocycles. The van der Waals surface area contributed by atoms with Gasteiger partial charge in [0.1, 0.15) is 0 Å². The molecule has 0 aliphatic heterocycles. The van der Waals surface area contributed by atoms with Crippen molar-refractivity contribution in [3.05, 3.63) is 0 Å². The van der Waals surface area contributed by atoms with Crippen molar-refractivity contribution in [1.29, 1.82) is 0 Å². The van der Waals surface area contributed by atoms with Crippen molar-refractivity contribution in [2.24, 2.45) is 11.8 Å². The smallest absolute Gasteiger partial charge is 0.0430 e. The molecule has 2 heteroatoms. The van der Waals surface area contributed by atoms with Crippen molar-refractivity contribution in [1.82, 2.24) is 5.32 Å². The molecule has 0 amide bonds. The van der Waals surface area contributed by atoms with Gasteiger partial charge in [0.15, 0.2) is 0 Å². The van der Waals surface area contributed by atoms with E-state index in [2.05, 4.69) is 33.1 Å². The molecule has 0 aromatic rings. The molecule has 98 valence electrons. The Labute approximate surface area is 102 Å². The average Bonchev–Trinajstić information content (AvgIpc) is 2.31. The molecule has 2 N–H and O–H groups in total. The quantitative estimate of drug-likeness (QED) is 0.776. The van der Waals surface area contributed by atoms with E-state index in [9.17, 15) is 0 Å². The standard InChI is InChI=1S/C10H21N.C4H10O/c1-8(2)9-6-4-5-7-10(9)11-3;1-2-3-4-5/h8-11H,4-7H2,1-3H3;5H,2-4H2,1H3. The monoisotopic (exact) mass is 229 g/mol. The summed E-state index contributed by atoms with van der Waals surface area (Å²) >= 11 is 0. The summed E-state index contributed by atoms with van der Waals surface area (Å²) in [5, 5.41) is 11.5. The first kappa shape index (κ1) is 15.9. The summed E-state index contributed by atoms with van der Waals surface area (Å²) in [6, 6.07) is 0.795. The van der Waals surface area contributed by atoms with Gasteiger partial charge in [0.05, 0.1) is 0 Å². The molecule has 0 bridgehead atoms. The van der Waals surface area contributed by atoms with Crippen LogP contribution in [0.5, 0.6) is 0 Å². The Morgan fingerprint density at radius 2 is 1.88 bits per heavy atom. The SMILES string of the molecule is CCCCO.CNC1CCCCC1C(C)C. The van der Waals surface area contributed by atoms with Crippen LogP contribution in [0.25, 0.3) is 0 Å². The van der Waals surface area contributed by atoms with Crippen LogP contribution >= 0.6 is 0 Å². The second kappa shape index (κ2) is 10.1. The van der Waals surface area contributed by atoms with Gasteiger partial charge in [-0.3, -0.25) is 0 Å². The third-order valence-electron chi connectivity index (χ3n) is 3.56. The maximum absolute atomic E-state index is 8.07. The van der Waals surface area contributed by atoms with Gasteiger partial charge < -0.3 is 10.4 Å². The number of unbranched alkanes of at least 4 members (excludes halogenated alkanes) is 1. The first-order chi connectivity index (χ1) is 7.67. The van der Waals surface area contributed by atoms with Gasteiger partial charge in [-0.2, -0.15) is 0 Å². The molecule has 16 heavy (non-hydrogen) atoms. The lowest BCUT2D eigenvalue weighted by molar-refractivity contribution is 0.214. The highest BCUT2D eigenvalue weighted by Crippen LogP contribution is 2.29. The molecule has 2 nitrogen and oxygen atoms in total. The Morgan fingerprint density at radius 3 is 2.19 bits per heavy atom. The number of aliphatic hydroxyl groups excluding tert-OH is 1. The van der Waals surface area contributed by atoms with Crippen LogP contribution in [0, 0.1) is 11.8 Å². The highest BCUT2D eigenvalue weighted by atomic mass is 16.2. The van der Waals surface area contributed by atoms with E-state index in [1.807, 2.05) is 0 Å². The van der Waals surface area contributed by atoms with Gasteiger partial charge in [-0.15, -0.1) is 0 Å². The zero-order valence-electron chi connectivity index (χ0n) is 11.6. The number of rotatable bonds is 4. The summed E-state index contributed by atoms with van der Waals surface area (Å²) in [5.74, 6) is 1.78. The Bertz CT molecular complexity index is 146. The van der Waals surface area contributed by atoms with Crippen molar-refractivity contribution in [2.75, 3.05) is 13.7 Å². The molecule has 0 heterocycles. The molecule has 0 aromatic heterocycles. The lowest BCUT2D eigenvalue weighted by Crippen LogP contribution is -2.38. The van der Waals surface area contributed by atoms with Crippen LogP contribution in [0.15, 0.2) is 0 Å². The van der Waals surface area contributed by atoms with Crippen molar-refractivity contribution < 1.29 is 5.11 Å². The van der Waals surface area contributed by atoms with E-state index in [-0.39, 0.29) is 0 Å². The lowest BCUT2D eigenvalue weighted by Gasteiger charge is -2.34. The summed E-state index contributed by atoms with van der Waals surface area (Å²) in [6.45, 7) is 7.09. The summed E-state index contributed by atoms with van der Waals surface area (Å²) < 4.78 is 0. The first-order valence-electron chi connectivity index (χ1n) is 6.95. The fourth-order valence-electron chi connectivity index (χ4n) is 2.47. The van der Waals surface area contributed by atoms with Gasteiger partial charge in [-0.05, 0) is 38.1 Å². The van der Waals surface area contributed by atoms with Gasteiger partial charge in [0.2, 0.25) is 0 Å². The third-order valence-corrected chi connectivity index (χ3v) is 3.56. The van der Waals surface area contributed by atoms with Gasteiger partial charge in [-0.25, -0.2) is 0 Å². The van der Waals surface area contributed by atoms with Gasteiger partial charge in [0.25, 0.3) is 0 Å². The Morgan fingerprint density at radius 1 is 1.25 bits per heavy atom. The zero-order chi connectivity index (χ0) is 12.4.